The summed E-state index contributed by atoms with van der Waals surface area (Å²) in [5.41, 5.74) is 1.52. The molecule has 0 fully saturated rings. The van der Waals surface area contributed by atoms with Crippen molar-refractivity contribution in [2.24, 2.45) is 0 Å². The maximum Gasteiger partial charge on any atom is 0.345 e. The summed E-state index contributed by atoms with van der Waals surface area (Å²) in [6, 6.07) is 18.5. The lowest BCUT2D eigenvalue weighted by Gasteiger charge is -2.10. The highest BCUT2D eigenvalue weighted by molar-refractivity contribution is 6.33. The topological polar surface area (TPSA) is 61.8 Å². The fraction of sp³-hybridized carbons (Fsp3) is 0.0833. The van der Waals surface area contributed by atoms with E-state index in [4.69, 9.17) is 25.8 Å². The average molecular weight is 423 g/mol. The molecule has 0 spiro atoms. The van der Waals surface area contributed by atoms with Crippen LogP contribution >= 0.6 is 11.6 Å². The van der Waals surface area contributed by atoms with Crippen molar-refractivity contribution in [3.63, 3.8) is 0 Å². The summed E-state index contributed by atoms with van der Waals surface area (Å²) in [6.07, 6.45) is 3.13. The highest BCUT2D eigenvalue weighted by atomic mass is 35.5. The van der Waals surface area contributed by atoms with Crippen LogP contribution in [0.1, 0.15) is 26.3 Å². The van der Waals surface area contributed by atoms with Gasteiger partial charge in [-0.05, 0) is 60.2 Å². The zero-order valence-corrected chi connectivity index (χ0v) is 17.2. The van der Waals surface area contributed by atoms with Crippen LogP contribution in [-0.2, 0) is 0 Å². The van der Waals surface area contributed by atoms with Crippen LogP contribution < -0.4 is 14.2 Å². The monoisotopic (exact) mass is 422 g/mol. The van der Waals surface area contributed by atoms with Crippen LogP contribution in [0.25, 0.3) is 6.08 Å². The summed E-state index contributed by atoms with van der Waals surface area (Å²) < 4.78 is 15.8. The molecule has 3 aromatic carbocycles. The van der Waals surface area contributed by atoms with Gasteiger partial charge in [0.25, 0.3) is 0 Å². The third-order valence-electron chi connectivity index (χ3n) is 4.29. The third-order valence-corrected chi connectivity index (χ3v) is 4.62. The Hall–Kier alpha value is -3.57. The van der Waals surface area contributed by atoms with Crippen molar-refractivity contribution in [3.8, 4) is 17.2 Å². The first-order valence-corrected chi connectivity index (χ1v) is 9.41. The van der Waals surface area contributed by atoms with Crippen LogP contribution in [0.3, 0.4) is 0 Å². The first-order valence-electron chi connectivity index (χ1n) is 9.03. The molecule has 0 aliphatic rings. The number of ketones is 1. The van der Waals surface area contributed by atoms with Crippen molar-refractivity contribution in [1.29, 1.82) is 0 Å². The van der Waals surface area contributed by atoms with E-state index < -0.39 is 5.97 Å². The zero-order valence-electron chi connectivity index (χ0n) is 16.4. The highest BCUT2D eigenvalue weighted by Crippen LogP contribution is 2.30. The van der Waals surface area contributed by atoms with Gasteiger partial charge in [-0.1, -0.05) is 35.9 Å². The number of esters is 1. The first-order chi connectivity index (χ1) is 14.5. The molecule has 6 heteroatoms. The molecule has 0 N–H and O–H groups in total. The summed E-state index contributed by atoms with van der Waals surface area (Å²) in [4.78, 5) is 24.7. The fourth-order valence-corrected chi connectivity index (χ4v) is 2.89. The summed E-state index contributed by atoms with van der Waals surface area (Å²) in [7, 11) is 3.04. The molecule has 0 saturated carbocycles. The number of hydrogen-bond acceptors (Lipinski definition) is 5. The number of benzene rings is 3. The van der Waals surface area contributed by atoms with Gasteiger partial charge in [0.1, 0.15) is 5.75 Å². The summed E-state index contributed by atoms with van der Waals surface area (Å²) in [6.45, 7) is 0. The van der Waals surface area contributed by atoms with Gasteiger partial charge in [-0.3, -0.25) is 4.79 Å². The number of methoxy groups -OCH3 is 2. The van der Waals surface area contributed by atoms with Crippen LogP contribution in [0.2, 0.25) is 5.02 Å². The van der Waals surface area contributed by atoms with Crippen LogP contribution in [0.5, 0.6) is 17.2 Å². The molecule has 0 aromatic heterocycles. The van der Waals surface area contributed by atoms with Crippen molar-refractivity contribution in [2.45, 2.75) is 0 Å². The Labute approximate surface area is 179 Å². The molecule has 0 atom stereocenters. The van der Waals surface area contributed by atoms with Crippen molar-refractivity contribution in [2.75, 3.05) is 14.2 Å². The van der Waals surface area contributed by atoms with Gasteiger partial charge in [0.15, 0.2) is 17.3 Å². The average Bonchev–Trinajstić information content (AvgIpc) is 2.78. The molecular weight excluding hydrogens is 404 g/mol. The van der Waals surface area contributed by atoms with Crippen LogP contribution in [0, 0.1) is 0 Å². The number of hydrogen-bond donors (Lipinski definition) is 0. The van der Waals surface area contributed by atoms with Gasteiger partial charge < -0.3 is 14.2 Å². The van der Waals surface area contributed by atoms with E-state index in [1.807, 2.05) is 0 Å². The summed E-state index contributed by atoms with van der Waals surface area (Å²) >= 11 is 6.04. The normalized spacial score (nSPS) is 10.6. The molecule has 5 nitrogen and oxygen atoms in total. The molecule has 0 aliphatic heterocycles. The Balaban J connectivity index is 1.74. The second-order valence-corrected chi connectivity index (χ2v) is 6.61. The number of ether oxygens (including phenoxy) is 3. The lowest BCUT2D eigenvalue weighted by molar-refractivity contribution is 0.0729. The van der Waals surface area contributed by atoms with Gasteiger partial charge in [0.2, 0.25) is 0 Å². The van der Waals surface area contributed by atoms with E-state index in [0.29, 0.717) is 27.6 Å². The first kappa shape index (κ1) is 21.1. The summed E-state index contributed by atoms with van der Waals surface area (Å²) in [5, 5.41) is 0.304. The number of carbonyl (C=O) groups is 2. The third kappa shape index (κ3) is 5.07. The van der Waals surface area contributed by atoms with Gasteiger partial charge in [-0.2, -0.15) is 0 Å². The Kier molecular flexibility index (Phi) is 6.88. The van der Waals surface area contributed by atoms with E-state index in [1.54, 1.807) is 79.9 Å². The van der Waals surface area contributed by atoms with Gasteiger partial charge in [0.05, 0.1) is 24.8 Å². The minimum Gasteiger partial charge on any atom is -0.497 e. The molecule has 0 aliphatic carbocycles. The Morgan fingerprint density at radius 2 is 1.60 bits per heavy atom. The number of halogens is 1. The van der Waals surface area contributed by atoms with Crippen LogP contribution in [0.4, 0.5) is 0 Å². The second-order valence-electron chi connectivity index (χ2n) is 6.21. The van der Waals surface area contributed by atoms with Gasteiger partial charge >= 0.3 is 5.97 Å². The molecule has 0 heterocycles. The zero-order chi connectivity index (χ0) is 21.5. The van der Waals surface area contributed by atoms with Crippen LogP contribution in [0.15, 0.2) is 72.8 Å². The molecule has 30 heavy (non-hydrogen) atoms. The smallest absolute Gasteiger partial charge is 0.345 e. The lowest BCUT2D eigenvalue weighted by Crippen LogP contribution is -2.09. The minimum absolute atomic E-state index is 0.147. The summed E-state index contributed by atoms with van der Waals surface area (Å²) in [5.74, 6) is 0.556. The maximum atomic E-state index is 12.4. The van der Waals surface area contributed by atoms with E-state index in [9.17, 15) is 9.59 Å². The predicted molar refractivity (Wildman–Crippen MR) is 116 cm³/mol. The number of rotatable bonds is 7. The van der Waals surface area contributed by atoms with Crippen LogP contribution in [-0.4, -0.2) is 26.0 Å². The van der Waals surface area contributed by atoms with E-state index in [2.05, 4.69) is 0 Å². The van der Waals surface area contributed by atoms with Gasteiger partial charge in [0, 0.05) is 5.56 Å². The van der Waals surface area contributed by atoms with Gasteiger partial charge in [-0.25, -0.2) is 4.79 Å². The molecule has 0 amide bonds. The second kappa shape index (κ2) is 9.76. The number of carbonyl (C=O) groups excluding carboxylic acids is 2. The molecule has 0 bridgehead atoms. The van der Waals surface area contributed by atoms with E-state index in [1.165, 1.54) is 13.2 Å². The van der Waals surface area contributed by atoms with Crippen molar-refractivity contribution in [1.82, 2.24) is 0 Å². The van der Waals surface area contributed by atoms with E-state index in [0.717, 1.165) is 0 Å². The predicted octanol–water partition coefficient (Wildman–Crippen LogP) is 5.47. The van der Waals surface area contributed by atoms with E-state index in [-0.39, 0.29) is 17.1 Å². The molecule has 0 radical (unpaired) electrons. The molecule has 3 rings (SSSR count). The quantitative estimate of drug-likeness (QED) is 0.218. The largest absolute Gasteiger partial charge is 0.497 e. The number of allylic oxidation sites excluding steroid dienone is 1. The molecule has 3 aromatic rings. The van der Waals surface area contributed by atoms with E-state index >= 15 is 0 Å². The Bertz CT molecular complexity index is 1090. The lowest BCUT2D eigenvalue weighted by atomic mass is 10.1. The van der Waals surface area contributed by atoms with Crippen molar-refractivity contribution >= 4 is 29.4 Å². The van der Waals surface area contributed by atoms with Gasteiger partial charge in [-0.15, -0.1) is 0 Å². The molecule has 152 valence electrons. The standard InChI is InChI=1S/C24H19ClO5/c1-28-18-11-9-17(10-12-18)21(26)13-7-16-8-14-22(23(15-16)29-2)30-24(27)19-5-3-4-6-20(19)25/h3-15H,1-2H3/b13-7+. The fourth-order valence-electron chi connectivity index (χ4n) is 2.68. The SMILES string of the molecule is COc1ccc(C(=O)/C=C/c2ccc(OC(=O)c3ccccc3Cl)c(OC)c2)cc1. The minimum atomic E-state index is -0.586. The molecule has 0 unspecified atom stereocenters. The molecular formula is C24H19ClO5. The highest BCUT2D eigenvalue weighted by Gasteiger charge is 2.15. The van der Waals surface area contributed by atoms with Crippen molar-refractivity contribution in [3.05, 3.63) is 94.5 Å². The Morgan fingerprint density at radius 1 is 0.867 bits per heavy atom. The Morgan fingerprint density at radius 3 is 2.27 bits per heavy atom. The van der Waals surface area contributed by atoms with Crippen molar-refractivity contribution < 1.29 is 23.8 Å². The molecule has 0 saturated heterocycles. The maximum absolute atomic E-state index is 12.4.